The molecule has 12 heteroatoms. The minimum absolute atomic E-state index is 0.282. The molecule has 8 nitrogen and oxygen atoms in total. The molecule has 0 unspecified atom stereocenters. The third kappa shape index (κ3) is 5.98. The van der Waals surface area contributed by atoms with Crippen molar-refractivity contribution in [3.8, 4) is 0 Å². The van der Waals surface area contributed by atoms with Crippen LogP contribution in [0.15, 0.2) is 50.7 Å². The van der Waals surface area contributed by atoms with Crippen LogP contribution >= 0.6 is 35.3 Å². The van der Waals surface area contributed by atoms with Crippen LogP contribution in [0.25, 0.3) is 0 Å². The molecule has 0 spiro atoms. The highest BCUT2D eigenvalue weighted by molar-refractivity contribution is 8.40. The number of carboxylic acids is 1. The van der Waals surface area contributed by atoms with Gasteiger partial charge in [-0.15, -0.1) is 4.58 Å². The highest BCUT2D eigenvalue weighted by Crippen LogP contribution is 2.46. The lowest BCUT2D eigenvalue weighted by Crippen LogP contribution is -2.26. The summed E-state index contributed by atoms with van der Waals surface area (Å²) in [6, 6.07) is 7.85. The van der Waals surface area contributed by atoms with Gasteiger partial charge in [-0.25, -0.2) is 9.59 Å². The standard InChI is InChI=1S/C20H22N2O6S4/c1-13(18-19(25)22(12-17(23)24)20(29-2)31-18)11-16-21(9-5-6-10-32(26,27)28)14-7-3-4-8-15(14)30-16/h3-4,7-8,11H,5-6,9-10,12H2,1-2H3,(H-,23,24,26,27,28)/p+1/b16-11-,18-13+. The Morgan fingerprint density at radius 3 is 2.62 bits per heavy atom. The molecule has 0 fully saturated rings. The van der Waals surface area contributed by atoms with Gasteiger partial charge in [0.15, 0.2) is 0 Å². The average molecular weight is 516 g/mol. The zero-order chi connectivity index (χ0) is 23.5. The average Bonchev–Trinajstić information content (AvgIpc) is 3.21. The van der Waals surface area contributed by atoms with Crippen molar-refractivity contribution in [3.63, 3.8) is 0 Å². The number of anilines is 1. The third-order valence-electron chi connectivity index (χ3n) is 4.69. The number of nitrogens with zero attached hydrogens (tertiary/aromatic N) is 2. The fraction of sp³-hybridized carbons (Fsp3) is 0.350. The largest absolute Gasteiger partial charge is 0.477 e. The number of hydrogen-bond acceptors (Lipinski definition) is 8. The molecule has 0 radical (unpaired) electrons. The molecule has 3 rings (SSSR count). The lowest BCUT2D eigenvalue weighted by Gasteiger charge is -2.20. The van der Waals surface area contributed by atoms with E-state index in [4.69, 9.17) is 9.66 Å². The van der Waals surface area contributed by atoms with Gasteiger partial charge in [0.2, 0.25) is 6.54 Å². The molecule has 0 aliphatic carbocycles. The van der Waals surface area contributed by atoms with Gasteiger partial charge in [-0.1, -0.05) is 35.7 Å². The minimum atomic E-state index is -3.99. The zero-order valence-corrected chi connectivity index (χ0v) is 20.7. The van der Waals surface area contributed by atoms with Crippen LogP contribution in [-0.2, 0) is 19.7 Å². The Morgan fingerprint density at radius 1 is 1.25 bits per heavy atom. The van der Waals surface area contributed by atoms with Crippen molar-refractivity contribution in [2.45, 2.75) is 24.7 Å². The normalized spacial score (nSPS) is 19.2. The van der Waals surface area contributed by atoms with Crippen LogP contribution in [0, 0.1) is 0 Å². The number of hydrogen-bond donors (Lipinski definition) is 2. The monoisotopic (exact) mass is 515 g/mol. The lowest BCUT2D eigenvalue weighted by molar-refractivity contribution is -0.429. The van der Waals surface area contributed by atoms with Gasteiger partial charge < -0.3 is 10.0 Å². The van der Waals surface area contributed by atoms with E-state index in [2.05, 4.69) is 4.90 Å². The van der Waals surface area contributed by atoms with E-state index in [-0.39, 0.29) is 18.2 Å². The van der Waals surface area contributed by atoms with Crippen molar-refractivity contribution < 1.29 is 32.2 Å². The number of carbonyl (C=O) groups is 2. The molecule has 0 bridgehead atoms. The predicted molar refractivity (Wildman–Crippen MR) is 130 cm³/mol. The molecule has 0 saturated heterocycles. The first kappa shape index (κ1) is 24.9. The summed E-state index contributed by atoms with van der Waals surface area (Å²) in [5, 5.41) is 10.0. The molecule has 2 aliphatic heterocycles. The summed E-state index contributed by atoms with van der Waals surface area (Å²) in [6.45, 7) is 2.01. The summed E-state index contributed by atoms with van der Waals surface area (Å²) in [4.78, 5) is 27.6. The maximum absolute atomic E-state index is 12.8. The number of amides is 1. The van der Waals surface area contributed by atoms with Crippen molar-refractivity contribution in [1.29, 1.82) is 0 Å². The Balaban J connectivity index is 1.85. The summed E-state index contributed by atoms with van der Waals surface area (Å²) in [5.74, 6) is -1.67. The number of rotatable bonds is 8. The summed E-state index contributed by atoms with van der Waals surface area (Å²) in [7, 11) is -3.99. The number of para-hydroxylation sites is 1. The van der Waals surface area contributed by atoms with Crippen LogP contribution in [0.1, 0.15) is 19.8 Å². The van der Waals surface area contributed by atoms with Crippen LogP contribution in [0.3, 0.4) is 0 Å². The Hall–Kier alpha value is -1.73. The number of allylic oxidation sites excluding steroid dienone is 2. The van der Waals surface area contributed by atoms with E-state index in [1.165, 1.54) is 28.1 Å². The van der Waals surface area contributed by atoms with Gasteiger partial charge >= 0.3 is 11.9 Å². The van der Waals surface area contributed by atoms with Gasteiger partial charge in [-0.2, -0.15) is 8.42 Å². The molecule has 0 aromatic heterocycles. The number of unbranched alkanes of at least 4 members (excludes halogenated alkanes) is 1. The molecule has 1 aromatic carbocycles. The van der Waals surface area contributed by atoms with E-state index in [0.29, 0.717) is 28.7 Å². The first-order chi connectivity index (χ1) is 15.1. The van der Waals surface area contributed by atoms with Crippen LogP contribution in [0.2, 0.25) is 0 Å². The van der Waals surface area contributed by atoms with Gasteiger partial charge in [0.25, 0.3) is 14.5 Å². The van der Waals surface area contributed by atoms with Crippen molar-refractivity contribution in [1.82, 2.24) is 0 Å². The second kappa shape index (κ2) is 10.5. The predicted octanol–water partition coefficient (Wildman–Crippen LogP) is 3.47. The molecule has 0 saturated carbocycles. The highest BCUT2D eigenvalue weighted by atomic mass is 32.2. The number of carbonyl (C=O) groups excluding carboxylic acids is 1. The van der Waals surface area contributed by atoms with E-state index < -0.39 is 16.1 Å². The molecular formula is C20H23N2O6S4+. The van der Waals surface area contributed by atoms with Crippen molar-refractivity contribution >= 4 is 67.3 Å². The molecule has 172 valence electrons. The van der Waals surface area contributed by atoms with E-state index in [1.54, 1.807) is 18.0 Å². The van der Waals surface area contributed by atoms with E-state index in [0.717, 1.165) is 21.2 Å². The Labute approximate surface area is 199 Å². The molecule has 1 aromatic rings. The van der Waals surface area contributed by atoms with Crippen LogP contribution < -0.4 is 4.90 Å². The van der Waals surface area contributed by atoms with Crippen LogP contribution in [-0.4, -0.2) is 64.0 Å². The quantitative estimate of drug-likeness (QED) is 0.231. The smallest absolute Gasteiger partial charge is 0.428 e. The lowest BCUT2D eigenvalue weighted by atomic mass is 10.2. The molecule has 32 heavy (non-hydrogen) atoms. The zero-order valence-electron chi connectivity index (χ0n) is 17.5. The summed E-state index contributed by atoms with van der Waals surface area (Å²) >= 11 is 4.17. The second-order valence-corrected chi connectivity index (χ2v) is 11.8. The number of benzene rings is 1. The molecule has 2 aliphatic rings. The fourth-order valence-electron chi connectivity index (χ4n) is 3.26. The van der Waals surface area contributed by atoms with Gasteiger partial charge in [0, 0.05) is 11.4 Å². The van der Waals surface area contributed by atoms with E-state index in [9.17, 15) is 18.0 Å². The van der Waals surface area contributed by atoms with Gasteiger partial charge in [0.05, 0.1) is 16.5 Å². The van der Waals surface area contributed by atoms with E-state index >= 15 is 0 Å². The third-order valence-corrected chi connectivity index (χ3v) is 9.02. The summed E-state index contributed by atoms with van der Waals surface area (Å²) < 4.78 is 32.9. The highest BCUT2D eigenvalue weighted by Gasteiger charge is 2.40. The van der Waals surface area contributed by atoms with Crippen molar-refractivity contribution in [2.24, 2.45) is 0 Å². The number of carboxylic acid groups (broad SMARTS) is 1. The topological polar surface area (TPSA) is 115 Å². The maximum Gasteiger partial charge on any atom is 0.428 e. The molecular weight excluding hydrogens is 492 g/mol. The van der Waals surface area contributed by atoms with Crippen molar-refractivity contribution in [3.05, 3.63) is 45.8 Å². The van der Waals surface area contributed by atoms with Crippen LogP contribution in [0.5, 0.6) is 0 Å². The summed E-state index contributed by atoms with van der Waals surface area (Å²) in [6.07, 6.45) is 4.61. The first-order valence-corrected chi connectivity index (χ1v) is 14.1. The van der Waals surface area contributed by atoms with Gasteiger partial charge in [-0.3, -0.25) is 4.55 Å². The Bertz CT molecular complexity index is 1140. The number of thioether (sulfide) groups is 3. The van der Waals surface area contributed by atoms with Crippen molar-refractivity contribution in [2.75, 3.05) is 30.0 Å². The van der Waals surface area contributed by atoms with E-state index in [1.807, 2.05) is 37.3 Å². The first-order valence-electron chi connectivity index (χ1n) is 9.65. The SMILES string of the molecule is CSC1=[N+](CC(=O)O)C(=O)/C(=C(C)\C=C2/Sc3ccccc3N2CCCCS(=O)(=O)O)S1. The molecule has 2 N–H and O–H groups in total. The van der Waals surface area contributed by atoms with Gasteiger partial charge in [-0.05, 0) is 61.6 Å². The molecule has 0 atom stereocenters. The molecule has 2 heterocycles. The van der Waals surface area contributed by atoms with Gasteiger partial charge in [0.1, 0.15) is 4.91 Å². The summed E-state index contributed by atoms with van der Waals surface area (Å²) in [5.41, 5.74) is 1.74. The minimum Gasteiger partial charge on any atom is -0.477 e. The Morgan fingerprint density at radius 2 is 1.97 bits per heavy atom. The molecule has 1 amide bonds. The number of aliphatic carboxylic acids is 1. The second-order valence-electron chi connectivity index (χ2n) is 7.07. The Kier molecular flexibility index (Phi) is 8.15. The maximum atomic E-state index is 12.8. The van der Waals surface area contributed by atoms with Crippen LogP contribution in [0.4, 0.5) is 5.69 Å². The number of fused-ring (bicyclic) bond motifs is 1. The fourth-order valence-corrected chi connectivity index (χ4v) is 6.82.